The Hall–Kier alpha value is -0.200. The maximum atomic E-state index is 8.75. The molecular formula is C12H28O5. The molecule has 1 unspecified atom stereocenters. The summed E-state index contributed by atoms with van der Waals surface area (Å²) >= 11 is 0. The second-order valence-corrected chi connectivity index (χ2v) is 4.19. The van der Waals surface area contributed by atoms with Crippen LogP contribution in [0, 0.1) is 5.92 Å². The summed E-state index contributed by atoms with van der Waals surface area (Å²) in [4.78, 5) is 0. The van der Waals surface area contributed by atoms with Gasteiger partial charge in [0.05, 0.1) is 12.7 Å². The molecular weight excluding hydrogens is 224 g/mol. The first-order valence-corrected chi connectivity index (χ1v) is 6.23. The lowest BCUT2D eigenvalue weighted by atomic mass is 10.1. The van der Waals surface area contributed by atoms with Crippen LogP contribution in [0.15, 0.2) is 0 Å². The van der Waals surface area contributed by atoms with Crippen LogP contribution in [-0.2, 0) is 0 Å². The second kappa shape index (κ2) is 15.8. The van der Waals surface area contributed by atoms with Gasteiger partial charge in [0.2, 0.25) is 0 Å². The smallest absolute Gasteiger partial charge is 0.0771 e. The van der Waals surface area contributed by atoms with Gasteiger partial charge in [0.25, 0.3) is 0 Å². The Labute approximate surface area is 104 Å². The van der Waals surface area contributed by atoms with Crippen LogP contribution in [0.4, 0.5) is 0 Å². The zero-order valence-corrected chi connectivity index (χ0v) is 10.8. The Kier molecular flexibility index (Phi) is 17.8. The highest BCUT2D eigenvalue weighted by Gasteiger charge is 1.99. The minimum Gasteiger partial charge on any atom is -0.396 e. The van der Waals surface area contributed by atoms with Crippen LogP contribution in [0.3, 0.4) is 0 Å². The van der Waals surface area contributed by atoms with E-state index in [-0.39, 0.29) is 26.4 Å². The minimum absolute atomic E-state index is 0.165. The lowest BCUT2D eigenvalue weighted by molar-refractivity contribution is 0.0848. The molecule has 0 fully saturated rings. The molecule has 0 saturated heterocycles. The van der Waals surface area contributed by atoms with Crippen LogP contribution in [0.1, 0.15) is 39.0 Å². The molecule has 0 bridgehead atoms. The van der Waals surface area contributed by atoms with Gasteiger partial charge in [0, 0.05) is 19.8 Å². The molecule has 0 aromatic carbocycles. The van der Waals surface area contributed by atoms with Crippen molar-refractivity contribution in [2.45, 2.75) is 45.1 Å². The predicted octanol–water partition coefficient (Wildman–Crippen LogP) is -0.110. The number of unbranched alkanes of at least 4 members (excludes halogenated alkanes) is 1. The van der Waals surface area contributed by atoms with Gasteiger partial charge < -0.3 is 25.5 Å². The molecule has 0 spiro atoms. The molecule has 0 rings (SSSR count). The molecule has 106 valence electrons. The van der Waals surface area contributed by atoms with E-state index < -0.39 is 6.10 Å². The van der Waals surface area contributed by atoms with Gasteiger partial charge in [-0.05, 0) is 38.0 Å². The van der Waals surface area contributed by atoms with Crippen molar-refractivity contribution in [1.29, 1.82) is 0 Å². The molecule has 0 aliphatic rings. The van der Waals surface area contributed by atoms with E-state index in [0.29, 0.717) is 18.8 Å². The third-order valence-corrected chi connectivity index (χ3v) is 2.40. The third kappa shape index (κ3) is 18.4. The molecule has 0 heterocycles. The first-order valence-electron chi connectivity index (χ1n) is 6.23. The molecule has 0 aromatic heterocycles. The first kappa shape index (κ1) is 19.1. The Morgan fingerprint density at radius 1 is 0.765 bits per heavy atom. The van der Waals surface area contributed by atoms with Crippen LogP contribution in [0.2, 0.25) is 0 Å². The number of rotatable bonds is 9. The van der Waals surface area contributed by atoms with Gasteiger partial charge in [-0.2, -0.15) is 0 Å². The summed E-state index contributed by atoms with van der Waals surface area (Å²) in [5.41, 5.74) is 0. The van der Waals surface area contributed by atoms with Crippen LogP contribution >= 0.6 is 0 Å². The van der Waals surface area contributed by atoms with Crippen molar-refractivity contribution in [3.8, 4) is 0 Å². The number of aliphatic hydroxyl groups is 5. The van der Waals surface area contributed by atoms with Crippen molar-refractivity contribution >= 4 is 0 Å². The van der Waals surface area contributed by atoms with Crippen LogP contribution in [0.25, 0.3) is 0 Å². The minimum atomic E-state index is -0.600. The van der Waals surface area contributed by atoms with Crippen LogP contribution in [-0.4, -0.2) is 58.1 Å². The normalized spacial score (nSPS) is 12.2. The molecule has 0 aliphatic heterocycles. The zero-order chi connectivity index (χ0) is 13.5. The number of hydrogen-bond donors (Lipinski definition) is 5. The summed E-state index contributed by atoms with van der Waals surface area (Å²) in [6, 6.07) is 0. The molecule has 5 nitrogen and oxygen atoms in total. The summed E-state index contributed by atoms with van der Waals surface area (Å²) in [6.07, 6.45) is 3.07. The Morgan fingerprint density at radius 2 is 1.29 bits per heavy atom. The SMILES string of the molecule is CC(CCO)CCO.OCCCCC(O)CO. The van der Waals surface area contributed by atoms with Gasteiger partial charge in [-0.1, -0.05) is 6.92 Å². The van der Waals surface area contributed by atoms with E-state index in [2.05, 4.69) is 0 Å². The van der Waals surface area contributed by atoms with Gasteiger partial charge in [0.15, 0.2) is 0 Å². The van der Waals surface area contributed by atoms with Crippen molar-refractivity contribution in [3.63, 3.8) is 0 Å². The Bertz CT molecular complexity index is 126. The lowest BCUT2D eigenvalue weighted by Gasteiger charge is -2.04. The van der Waals surface area contributed by atoms with E-state index in [1.54, 1.807) is 0 Å². The largest absolute Gasteiger partial charge is 0.396 e. The quantitative estimate of drug-likeness (QED) is 0.369. The summed E-state index contributed by atoms with van der Waals surface area (Å²) in [7, 11) is 0. The third-order valence-electron chi connectivity index (χ3n) is 2.40. The molecule has 5 N–H and O–H groups in total. The molecule has 0 aliphatic carbocycles. The molecule has 0 saturated carbocycles. The monoisotopic (exact) mass is 252 g/mol. The fourth-order valence-corrected chi connectivity index (χ4v) is 1.17. The molecule has 0 radical (unpaired) electrons. The summed E-state index contributed by atoms with van der Waals surface area (Å²) in [5.74, 6) is 0.463. The zero-order valence-electron chi connectivity index (χ0n) is 10.8. The van der Waals surface area contributed by atoms with Gasteiger partial charge in [-0.3, -0.25) is 0 Å². The highest BCUT2D eigenvalue weighted by Crippen LogP contribution is 2.04. The van der Waals surface area contributed by atoms with E-state index in [0.717, 1.165) is 19.3 Å². The average Bonchev–Trinajstić information content (AvgIpc) is 2.30. The Balaban J connectivity index is 0. The molecule has 0 amide bonds. The van der Waals surface area contributed by atoms with Crippen molar-refractivity contribution in [3.05, 3.63) is 0 Å². The van der Waals surface area contributed by atoms with Gasteiger partial charge in [-0.15, -0.1) is 0 Å². The van der Waals surface area contributed by atoms with E-state index in [1.807, 2.05) is 6.92 Å². The highest BCUT2D eigenvalue weighted by molar-refractivity contribution is 4.51. The Morgan fingerprint density at radius 3 is 1.65 bits per heavy atom. The number of hydrogen-bond acceptors (Lipinski definition) is 5. The standard InChI is InChI=1S/C6H14O3.C6H14O2/c7-4-2-1-3-6(9)5-8;1-6(2-4-7)3-5-8/h6-9H,1-5H2;6-8H,2-5H2,1H3. The highest BCUT2D eigenvalue weighted by atomic mass is 16.3. The predicted molar refractivity (Wildman–Crippen MR) is 66.6 cm³/mol. The maximum Gasteiger partial charge on any atom is 0.0771 e. The van der Waals surface area contributed by atoms with Gasteiger partial charge in [0.1, 0.15) is 0 Å². The van der Waals surface area contributed by atoms with Crippen LogP contribution < -0.4 is 0 Å². The van der Waals surface area contributed by atoms with Crippen molar-refractivity contribution < 1.29 is 25.5 Å². The molecule has 17 heavy (non-hydrogen) atoms. The number of aliphatic hydroxyl groups excluding tert-OH is 5. The van der Waals surface area contributed by atoms with Crippen molar-refractivity contribution in [2.75, 3.05) is 26.4 Å². The van der Waals surface area contributed by atoms with E-state index in [9.17, 15) is 0 Å². The maximum absolute atomic E-state index is 8.75. The average molecular weight is 252 g/mol. The first-order chi connectivity index (χ1) is 8.12. The lowest BCUT2D eigenvalue weighted by Crippen LogP contribution is -2.11. The summed E-state index contributed by atoms with van der Waals surface area (Å²) in [5, 5.41) is 42.1. The molecule has 0 aromatic rings. The molecule has 5 heteroatoms. The molecule has 1 atom stereocenters. The second-order valence-electron chi connectivity index (χ2n) is 4.19. The fraction of sp³-hybridized carbons (Fsp3) is 1.00. The van der Waals surface area contributed by atoms with Crippen LogP contribution in [0.5, 0.6) is 0 Å². The van der Waals surface area contributed by atoms with Gasteiger partial charge in [-0.25, -0.2) is 0 Å². The topological polar surface area (TPSA) is 101 Å². The van der Waals surface area contributed by atoms with Crippen molar-refractivity contribution in [1.82, 2.24) is 0 Å². The van der Waals surface area contributed by atoms with E-state index in [4.69, 9.17) is 25.5 Å². The summed E-state index contributed by atoms with van der Waals surface area (Å²) < 4.78 is 0. The van der Waals surface area contributed by atoms with Crippen molar-refractivity contribution in [2.24, 2.45) is 5.92 Å². The van der Waals surface area contributed by atoms with E-state index >= 15 is 0 Å². The van der Waals surface area contributed by atoms with Gasteiger partial charge >= 0.3 is 0 Å². The van der Waals surface area contributed by atoms with E-state index in [1.165, 1.54) is 0 Å². The summed E-state index contributed by atoms with van der Waals surface area (Å²) in [6.45, 7) is 2.48. The fourth-order valence-electron chi connectivity index (χ4n) is 1.17.